The van der Waals surface area contributed by atoms with Gasteiger partial charge in [-0.1, -0.05) is 6.07 Å². The van der Waals surface area contributed by atoms with Crippen LogP contribution in [-0.2, 0) is 11.3 Å². The van der Waals surface area contributed by atoms with E-state index < -0.39 is 0 Å². The lowest BCUT2D eigenvalue weighted by atomic mass is 10.3. The fraction of sp³-hybridized carbons (Fsp3) is 0.308. The third-order valence-corrected chi connectivity index (χ3v) is 5.10. The SMILES string of the molecule is O=C1CNCCN1Cc1ccc(-c2cccs2)s1. The summed E-state index contributed by atoms with van der Waals surface area (Å²) in [5.41, 5.74) is 0. The van der Waals surface area contributed by atoms with Gasteiger partial charge in [0.05, 0.1) is 13.1 Å². The van der Waals surface area contributed by atoms with E-state index in [-0.39, 0.29) is 5.91 Å². The second-order valence-corrected chi connectivity index (χ2v) is 6.35. The molecule has 2 aromatic heterocycles. The topological polar surface area (TPSA) is 32.3 Å². The van der Waals surface area contributed by atoms with Gasteiger partial charge in [0, 0.05) is 27.7 Å². The number of nitrogens with one attached hydrogen (secondary N) is 1. The van der Waals surface area contributed by atoms with Gasteiger partial charge in [-0.3, -0.25) is 4.79 Å². The summed E-state index contributed by atoms with van der Waals surface area (Å²) in [7, 11) is 0. The van der Waals surface area contributed by atoms with Gasteiger partial charge in [-0.25, -0.2) is 0 Å². The van der Waals surface area contributed by atoms with Gasteiger partial charge >= 0.3 is 0 Å². The van der Waals surface area contributed by atoms with Crippen molar-refractivity contribution in [2.24, 2.45) is 0 Å². The second-order valence-electron chi connectivity index (χ2n) is 4.24. The van der Waals surface area contributed by atoms with Crippen LogP contribution in [0.1, 0.15) is 4.88 Å². The Kier molecular flexibility index (Phi) is 3.45. The molecule has 0 spiro atoms. The largest absolute Gasteiger partial charge is 0.335 e. The van der Waals surface area contributed by atoms with Crippen molar-refractivity contribution in [3.8, 4) is 9.75 Å². The molecular weight excluding hydrogens is 264 g/mol. The molecule has 0 unspecified atom stereocenters. The number of hydrogen-bond acceptors (Lipinski definition) is 4. The first kappa shape index (κ1) is 11.9. The van der Waals surface area contributed by atoms with Crippen LogP contribution in [0.3, 0.4) is 0 Å². The lowest BCUT2D eigenvalue weighted by molar-refractivity contribution is -0.132. The molecule has 0 bridgehead atoms. The van der Waals surface area contributed by atoms with Crippen molar-refractivity contribution in [2.75, 3.05) is 19.6 Å². The molecule has 0 radical (unpaired) electrons. The first-order chi connectivity index (χ1) is 8.83. The van der Waals surface area contributed by atoms with Gasteiger partial charge in [-0.2, -0.15) is 0 Å². The number of rotatable bonds is 3. The normalized spacial score (nSPS) is 16.2. The third kappa shape index (κ3) is 2.48. The minimum absolute atomic E-state index is 0.201. The molecule has 3 heterocycles. The summed E-state index contributed by atoms with van der Waals surface area (Å²) in [4.78, 5) is 17.5. The first-order valence-electron chi connectivity index (χ1n) is 5.94. The number of piperazine rings is 1. The van der Waals surface area contributed by atoms with Crippen molar-refractivity contribution in [1.29, 1.82) is 0 Å². The molecule has 1 N–H and O–H groups in total. The van der Waals surface area contributed by atoms with Gasteiger partial charge in [0.2, 0.25) is 5.91 Å². The molecule has 0 atom stereocenters. The third-order valence-electron chi connectivity index (χ3n) is 2.96. The Bertz CT molecular complexity index is 533. The summed E-state index contributed by atoms with van der Waals surface area (Å²) in [6.45, 7) is 2.93. The van der Waals surface area contributed by atoms with E-state index in [0.29, 0.717) is 6.54 Å². The van der Waals surface area contributed by atoms with Gasteiger partial charge in [0.1, 0.15) is 0 Å². The Morgan fingerprint density at radius 1 is 1.28 bits per heavy atom. The van der Waals surface area contributed by atoms with Crippen molar-refractivity contribution in [3.63, 3.8) is 0 Å². The molecule has 94 valence electrons. The fourth-order valence-electron chi connectivity index (χ4n) is 2.02. The van der Waals surface area contributed by atoms with Crippen LogP contribution < -0.4 is 5.32 Å². The molecule has 0 saturated carbocycles. The highest BCUT2D eigenvalue weighted by molar-refractivity contribution is 7.21. The quantitative estimate of drug-likeness (QED) is 0.935. The predicted molar refractivity (Wildman–Crippen MR) is 75.9 cm³/mol. The molecule has 5 heteroatoms. The van der Waals surface area contributed by atoms with Crippen LogP contribution in [0.4, 0.5) is 0 Å². The summed E-state index contributed by atoms with van der Waals surface area (Å²) in [6, 6.07) is 8.49. The Balaban J connectivity index is 1.72. The van der Waals surface area contributed by atoms with Crippen LogP contribution in [-0.4, -0.2) is 30.4 Å². The van der Waals surface area contributed by atoms with Gasteiger partial charge in [0.25, 0.3) is 0 Å². The standard InChI is InChI=1S/C13H14N2OS2/c16-13-8-14-5-6-15(13)9-10-3-4-12(18-10)11-2-1-7-17-11/h1-4,7,14H,5-6,8-9H2. The van der Waals surface area contributed by atoms with E-state index in [1.807, 2.05) is 4.90 Å². The fourth-order valence-corrected chi connectivity index (χ4v) is 3.87. The summed E-state index contributed by atoms with van der Waals surface area (Å²) in [5.74, 6) is 0.201. The summed E-state index contributed by atoms with van der Waals surface area (Å²) < 4.78 is 0. The molecule has 3 nitrogen and oxygen atoms in total. The van der Waals surface area contributed by atoms with E-state index in [0.717, 1.165) is 19.6 Å². The van der Waals surface area contributed by atoms with E-state index in [1.165, 1.54) is 14.6 Å². The maximum Gasteiger partial charge on any atom is 0.236 e. The molecule has 1 amide bonds. The van der Waals surface area contributed by atoms with E-state index in [2.05, 4.69) is 35.0 Å². The van der Waals surface area contributed by atoms with Crippen LogP contribution in [0.2, 0.25) is 0 Å². The van der Waals surface area contributed by atoms with Crippen LogP contribution in [0.5, 0.6) is 0 Å². The molecular formula is C13H14N2OS2. The van der Waals surface area contributed by atoms with Gasteiger partial charge in [-0.15, -0.1) is 22.7 Å². The summed E-state index contributed by atoms with van der Waals surface area (Å²) in [6.07, 6.45) is 0. The van der Waals surface area contributed by atoms with Gasteiger partial charge in [0.15, 0.2) is 0 Å². The van der Waals surface area contributed by atoms with Crippen molar-refractivity contribution < 1.29 is 4.79 Å². The number of nitrogens with zero attached hydrogens (tertiary/aromatic N) is 1. The molecule has 1 saturated heterocycles. The Morgan fingerprint density at radius 2 is 2.22 bits per heavy atom. The molecule has 0 aliphatic carbocycles. The maximum absolute atomic E-state index is 11.7. The molecule has 0 aromatic carbocycles. The van der Waals surface area contributed by atoms with E-state index in [1.54, 1.807) is 22.7 Å². The highest BCUT2D eigenvalue weighted by Crippen LogP contribution is 2.31. The van der Waals surface area contributed by atoms with Crippen molar-refractivity contribution in [1.82, 2.24) is 10.2 Å². The Hall–Kier alpha value is -1.17. The predicted octanol–water partition coefficient (Wildman–Crippen LogP) is 2.41. The van der Waals surface area contributed by atoms with Gasteiger partial charge < -0.3 is 10.2 Å². The van der Waals surface area contributed by atoms with Crippen LogP contribution in [0, 0.1) is 0 Å². The van der Waals surface area contributed by atoms with Crippen LogP contribution in [0.15, 0.2) is 29.6 Å². The monoisotopic (exact) mass is 278 g/mol. The van der Waals surface area contributed by atoms with Crippen molar-refractivity contribution in [3.05, 3.63) is 34.5 Å². The van der Waals surface area contributed by atoms with Gasteiger partial charge in [-0.05, 0) is 23.6 Å². The summed E-state index contributed by atoms with van der Waals surface area (Å²) in [5, 5.41) is 5.18. The maximum atomic E-state index is 11.7. The Labute approximate surface area is 114 Å². The van der Waals surface area contributed by atoms with Crippen LogP contribution in [0.25, 0.3) is 9.75 Å². The zero-order chi connectivity index (χ0) is 12.4. The molecule has 1 aliphatic heterocycles. The minimum atomic E-state index is 0.201. The summed E-state index contributed by atoms with van der Waals surface area (Å²) >= 11 is 3.54. The van der Waals surface area contributed by atoms with E-state index in [4.69, 9.17) is 0 Å². The average Bonchev–Trinajstić information content (AvgIpc) is 3.02. The zero-order valence-electron chi connectivity index (χ0n) is 9.89. The zero-order valence-corrected chi connectivity index (χ0v) is 11.5. The van der Waals surface area contributed by atoms with Crippen molar-refractivity contribution >= 4 is 28.6 Å². The average molecular weight is 278 g/mol. The molecule has 2 aromatic rings. The van der Waals surface area contributed by atoms with Crippen molar-refractivity contribution in [2.45, 2.75) is 6.54 Å². The highest BCUT2D eigenvalue weighted by Gasteiger charge is 2.18. The van der Waals surface area contributed by atoms with E-state index >= 15 is 0 Å². The lowest BCUT2D eigenvalue weighted by Crippen LogP contribution is -2.47. The molecule has 1 aliphatic rings. The molecule has 3 rings (SSSR count). The number of thiophene rings is 2. The minimum Gasteiger partial charge on any atom is -0.335 e. The second kappa shape index (κ2) is 5.22. The number of amides is 1. The number of carbonyl (C=O) groups is 1. The van der Waals surface area contributed by atoms with Crippen LogP contribution >= 0.6 is 22.7 Å². The Morgan fingerprint density at radius 3 is 3.00 bits per heavy atom. The lowest BCUT2D eigenvalue weighted by Gasteiger charge is -2.26. The highest BCUT2D eigenvalue weighted by atomic mass is 32.1. The first-order valence-corrected chi connectivity index (χ1v) is 7.63. The molecule has 1 fully saturated rings. The molecule has 18 heavy (non-hydrogen) atoms. The van der Waals surface area contributed by atoms with E-state index in [9.17, 15) is 4.79 Å². The number of carbonyl (C=O) groups excluding carboxylic acids is 1. The smallest absolute Gasteiger partial charge is 0.236 e. The number of hydrogen-bond donors (Lipinski definition) is 1.